The average molecular weight is 465 g/mol. The van der Waals surface area contributed by atoms with Crippen LogP contribution in [0.3, 0.4) is 0 Å². The molecule has 4 amide bonds. The van der Waals surface area contributed by atoms with Gasteiger partial charge in [0.2, 0.25) is 17.7 Å². The fraction of sp³-hybridized carbons (Fsp3) is 0.222. The third-order valence-corrected chi connectivity index (χ3v) is 5.04. The number of benzene rings is 1. The Labute approximate surface area is 185 Å². The fourth-order valence-corrected chi connectivity index (χ4v) is 3.37. The molecule has 11 nitrogen and oxygen atoms in total. The van der Waals surface area contributed by atoms with E-state index in [1.165, 1.54) is 12.5 Å². The molecule has 13 heteroatoms. The maximum Gasteiger partial charge on any atom is 0.276 e. The molecule has 2 atom stereocenters. The number of nitrogens with zero attached hydrogens (tertiary/aromatic N) is 2. The van der Waals surface area contributed by atoms with Gasteiger partial charge in [-0.05, 0) is 12.1 Å². The second kappa shape index (κ2) is 10.00. The molecular weight excluding hydrogens is 448 g/mol. The van der Waals surface area contributed by atoms with E-state index in [4.69, 9.17) is 16.4 Å². The topological polar surface area (TPSA) is 151 Å². The van der Waals surface area contributed by atoms with Crippen LogP contribution >= 0.6 is 22.9 Å². The number of β-lactam (4-membered cyclic amide) rings is 1. The second-order valence-corrected chi connectivity index (χ2v) is 7.26. The molecule has 1 fully saturated rings. The van der Waals surface area contributed by atoms with Gasteiger partial charge in [-0.3, -0.25) is 19.2 Å². The van der Waals surface area contributed by atoms with Crippen LogP contribution in [0.2, 0.25) is 0 Å². The third kappa shape index (κ3) is 5.35. The number of amides is 4. The Kier molecular flexibility index (Phi) is 7.15. The number of hydrogen-bond acceptors (Lipinski definition) is 8. The number of alkyl halides is 1. The molecule has 0 bridgehead atoms. The van der Waals surface area contributed by atoms with Crippen LogP contribution in [0.1, 0.15) is 5.69 Å². The summed E-state index contributed by atoms with van der Waals surface area (Å²) in [5.41, 5.74) is 0.431. The molecule has 1 saturated heterocycles. The van der Waals surface area contributed by atoms with Crippen molar-refractivity contribution in [1.82, 2.24) is 15.6 Å². The quantitative estimate of drug-likeness (QED) is 0.191. The number of carbonyl (C=O) groups is 4. The highest BCUT2D eigenvalue weighted by molar-refractivity contribution is 7.14. The van der Waals surface area contributed by atoms with Crippen molar-refractivity contribution < 1.29 is 24.0 Å². The average Bonchev–Trinajstić information content (AvgIpc) is 3.22. The number of oxime groups is 1. The van der Waals surface area contributed by atoms with Crippen molar-refractivity contribution in [2.75, 3.05) is 23.6 Å². The Balaban J connectivity index is 1.68. The molecule has 3 rings (SSSR count). The van der Waals surface area contributed by atoms with E-state index in [0.29, 0.717) is 5.69 Å². The normalized spacial score (nSPS) is 17.7. The van der Waals surface area contributed by atoms with Crippen LogP contribution in [0.25, 0.3) is 0 Å². The van der Waals surface area contributed by atoms with Crippen LogP contribution in [0, 0.1) is 0 Å². The van der Waals surface area contributed by atoms with Crippen molar-refractivity contribution in [2.24, 2.45) is 5.16 Å². The first-order chi connectivity index (χ1) is 14.9. The zero-order valence-corrected chi connectivity index (χ0v) is 17.6. The van der Waals surface area contributed by atoms with Gasteiger partial charge in [-0.15, -0.1) is 22.9 Å². The van der Waals surface area contributed by atoms with Crippen LogP contribution in [-0.4, -0.2) is 59.4 Å². The van der Waals surface area contributed by atoms with Crippen LogP contribution in [0.15, 0.2) is 40.9 Å². The first kappa shape index (κ1) is 22.2. The summed E-state index contributed by atoms with van der Waals surface area (Å²) < 4.78 is 0. The predicted octanol–water partition coefficient (Wildman–Crippen LogP) is 0.293. The Bertz CT molecular complexity index is 1030. The Morgan fingerprint density at radius 2 is 2.00 bits per heavy atom. The van der Waals surface area contributed by atoms with Gasteiger partial charge in [-0.25, -0.2) is 4.98 Å². The number of halogens is 1. The lowest BCUT2D eigenvalue weighted by Crippen LogP contribution is -2.73. The highest BCUT2D eigenvalue weighted by atomic mass is 35.5. The summed E-state index contributed by atoms with van der Waals surface area (Å²) >= 11 is 6.49. The van der Waals surface area contributed by atoms with Gasteiger partial charge < -0.3 is 26.1 Å². The molecule has 2 heterocycles. The molecule has 0 radical (unpaired) electrons. The summed E-state index contributed by atoms with van der Waals surface area (Å²) in [6.45, 7) is 0. The summed E-state index contributed by atoms with van der Waals surface area (Å²) in [5.74, 6) is -2.50. The number of thiazole rings is 1. The molecule has 31 heavy (non-hydrogen) atoms. The van der Waals surface area contributed by atoms with Crippen LogP contribution in [-0.2, 0) is 24.0 Å². The Morgan fingerprint density at radius 1 is 1.26 bits per heavy atom. The SMILES string of the molecule is CON=C(C(=O)N[C@@H]1C(=O)N[C@@H]1C(=O)Nc1ccccc1)c1csc(NC(=O)CCl)n1. The van der Waals surface area contributed by atoms with Gasteiger partial charge in [0, 0.05) is 11.1 Å². The van der Waals surface area contributed by atoms with Gasteiger partial charge in [-0.2, -0.15) is 0 Å². The summed E-state index contributed by atoms with van der Waals surface area (Å²) in [4.78, 5) is 57.3. The molecule has 0 unspecified atom stereocenters. The van der Waals surface area contributed by atoms with Gasteiger partial charge in [0.1, 0.15) is 30.8 Å². The zero-order valence-electron chi connectivity index (χ0n) is 16.0. The molecule has 1 aromatic heterocycles. The lowest BCUT2D eigenvalue weighted by molar-refractivity contribution is -0.140. The van der Waals surface area contributed by atoms with Crippen LogP contribution in [0.5, 0.6) is 0 Å². The molecule has 0 spiro atoms. The monoisotopic (exact) mass is 464 g/mol. The van der Waals surface area contributed by atoms with E-state index in [9.17, 15) is 19.2 Å². The van der Waals surface area contributed by atoms with E-state index in [0.717, 1.165) is 11.3 Å². The van der Waals surface area contributed by atoms with Gasteiger partial charge in [0.25, 0.3) is 5.91 Å². The highest BCUT2D eigenvalue weighted by Crippen LogP contribution is 2.17. The van der Waals surface area contributed by atoms with Crippen molar-refractivity contribution in [2.45, 2.75) is 12.1 Å². The molecule has 1 aliphatic heterocycles. The number of anilines is 2. The lowest BCUT2D eigenvalue weighted by Gasteiger charge is -2.35. The van der Waals surface area contributed by atoms with E-state index in [1.807, 2.05) is 0 Å². The third-order valence-electron chi connectivity index (χ3n) is 4.04. The largest absolute Gasteiger partial charge is 0.398 e. The van der Waals surface area contributed by atoms with E-state index in [2.05, 4.69) is 31.4 Å². The number of hydrogen-bond donors (Lipinski definition) is 4. The minimum atomic E-state index is -1.10. The lowest BCUT2D eigenvalue weighted by atomic mass is 9.97. The standard InChI is InChI=1S/C18H17ClN6O5S/c1-30-25-12(10-8-31-18(21-10)22-11(26)7-19)15(27)23-14-13(24-17(14)29)16(28)20-9-5-3-2-4-6-9/h2-6,8,13-14H,7H2,1H3,(H,20,28)(H,23,27)(H,24,29)(H,21,22,26)/t13-,14-/m0/s1. The molecule has 162 valence electrons. The van der Waals surface area contributed by atoms with E-state index in [-0.39, 0.29) is 22.4 Å². The summed E-state index contributed by atoms with van der Waals surface area (Å²) in [5, 5.41) is 15.4. The van der Waals surface area contributed by atoms with Gasteiger partial charge in [0.05, 0.1) is 0 Å². The molecule has 0 aliphatic carbocycles. The maximum absolute atomic E-state index is 12.7. The molecular formula is C18H17ClN6O5S. The minimum absolute atomic E-state index is 0.110. The first-order valence-corrected chi connectivity index (χ1v) is 10.2. The summed E-state index contributed by atoms with van der Waals surface area (Å²) in [6.07, 6.45) is 0. The smallest absolute Gasteiger partial charge is 0.276 e. The van der Waals surface area contributed by atoms with Crippen molar-refractivity contribution >= 4 is 63.1 Å². The number of para-hydroxylation sites is 1. The van der Waals surface area contributed by atoms with E-state index >= 15 is 0 Å². The van der Waals surface area contributed by atoms with Crippen LogP contribution < -0.4 is 21.3 Å². The van der Waals surface area contributed by atoms with E-state index < -0.39 is 35.7 Å². The number of carbonyl (C=O) groups excluding carboxylic acids is 4. The molecule has 1 aliphatic rings. The predicted molar refractivity (Wildman–Crippen MR) is 114 cm³/mol. The van der Waals surface area contributed by atoms with Crippen molar-refractivity contribution in [3.63, 3.8) is 0 Å². The molecule has 2 aromatic rings. The Morgan fingerprint density at radius 3 is 2.65 bits per heavy atom. The number of rotatable bonds is 8. The van der Waals surface area contributed by atoms with Crippen molar-refractivity contribution in [3.05, 3.63) is 41.4 Å². The van der Waals surface area contributed by atoms with Crippen molar-refractivity contribution in [3.8, 4) is 0 Å². The minimum Gasteiger partial charge on any atom is -0.398 e. The van der Waals surface area contributed by atoms with Gasteiger partial charge in [0.15, 0.2) is 10.8 Å². The fourth-order valence-electron chi connectivity index (χ4n) is 2.59. The van der Waals surface area contributed by atoms with Gasteiger partial charge >= 0.3 is 0 Å². The number of aromatic nitrogens is 1. The molecule has 0 saturated carbocycles. The number of nitrogens with one attached hydrogen (secondary N) is 4. The summed E-state index contributed by atoms with van der Waals surface area (Å²) in [6, 6.07) is 6.61. The van der Waals surface area contributed by atoms with Gasteiger partial charge in [-0.1, -0.05) is 23.4 Å². The second-order valence-electron chi connectivity index (χ2n) is 6.13. The van der Waals surface area contributed by atoms with Crippen molar-refractivity contribution in [1.29, 1.82) is 0 Å². The Hall–Kier alpha value is -3.51. The van der Waals surface area contributed by atoms with E-state index in [1.54, 1.807) is 30.3 Å². The zero-order chi connectivity index (χ0) is 22.4. The van der Waals surface area contributed by atoms with Crippen LogP contribution in [0.4, 0.5) is 10.8 Å². The molecule has 4 N–H and O–H groups in total. The highest BCUT2D eigenvalue weighted by Gasteiger charge is 2.45. The first-order valence-electron chi connectivity index (χ1n) is 8.83. The summed E-state index contributed by atoms with van der Waals surface area (Å²) in [7, 11) is 1.24. The molecule has 1 aromatic carbocycles. The maximum atomic E-state index is 12.7.